The number of aromatic amines is 1. The number of rotatable bonds is 5. The van der Waals surface area contributed by atoms with Crippen molar-refractivity contribution in [3.8, 4) is 11.4 Å². The standard InChI is InChI=1S/C19H23N7O/c1-13(27)21-17-12-26(10-14-8-20-25(2)9-14)11-16(17)19-22-18(23-24-19)15-6-4-3-5-7-15/h3-9,16-17H,10-12H2,1-2H3,(H,21,27)(H,22,23,24)/t16-,17-/m1/s1. The van der Waals surface area contributed by atoms with Crippen LogP contribution in [0.4, 0.5) is 0 Å². The van der Waals surface area contributed by atoms with Crippen LogP contribution in [0.3, 0.4) is 0 Å². The Morgan fingerprint density at radius 3 is 2.81 bits per heavy atom. The van der Waals surface area contributed by atoms with Crippen molar-refractivity contribution in [1.82, 2.24) is 35.2 Å². The highest BCUT2D eigenvalue weighted by molar-refractivity contribution is 5.73. The first-order chi connectivity index (χ1) is 13.1. The summed E-state index contributed by atoms with van der Waals surface area (Å²) in [5.74, 6) is 1.52. The van der Waals surface area contributed by atoms with Crippen LogP contribution in [0, 0.1) is 0 Å². The molecule has 0 unspecified atom stereocenters. The zero-order valence-electron chi connectivity index (χ0n) is 15.5. The number of aryl methyl sites for hydroxylation is 1. The number of hydrogen-bond acceptors (Lipinski definition) is 5. The average Bonchev–Trinajstić information content (AvgIpc) is 3.36. The fourth-order valence-electron chi connectivity index (χ4n) is 3.67. The van der Waals surface area contributed by atoms with E-state index in [2.05, 4.69) is 25.5 Å². The van der Waals surface area contributed by atoms with E-state index in [-0.39, 0.29) is 17.9 Å². The molecule has 1 aliphatic heterocycles. The van der Waals surface area contributed by atoms with E-state index in [4.69, 9.17) is 4.98 Å². The van der Waals surface area contributed by atoms with E-state index in [0.717, 1.165) is 36.6 Å². The van der Waals surface area contributed by atoms with Gasteiger partial charge in [0.1, 0.15) is 5.82 Å². The van der Waals surface area contributed by atoms with Crippen molar-refractivity contribution in [2.45, 2.75) is 25.4 Å². The summed E-state index contributed by atoms with van der Waals surface area (Å²) in [5, 5.41) is 14.8. The molecular weight excluding hydrogens is 342 g/mol. The molecule has 8 heteroatoms. The van der Waals surface area contributed by atoms with Crippen molar-refractivity contribution in [3.63, 3.8) is 0 Å². The first-order valence-electron chi connectivity index (χ1n) is 9.03. The van der Waals surface area contributed by atoms with Crippen molar-refractivity contribution >= 4 is 5.91 Å². The van der Waals surface area contributed by atoms with Gasteiger partial charge in [0.2, 0.25) is 5.91 Å². The van der Waals surface area contributed by atoms with Crippen molar-refractivity contribution < 1.29 is 4.79 Å². The number of carbonyl (C=O) groups excluding carboxylic acids is 1. The van der Waals surface area contributed by atoms with E-state index in [1.165, 1.54) is 0 Å². The molecular formula is C19H23N7O. The number of hydrogen-bond donors (Lipinski definition) is 2. The smallest absolute Gasteiger partial charge is 0.217 e. The van der Waals surface area contributed by atoms with Gasteiger partial charge in [0.15, 0.2) is 5.82 Å². The van der Waals surface area contributed by atoms with E-state index in [9.17, 15) is 4.79 Å². The molecule has 1 aromatic carbocycles. The van der Waals surface area contributed by atoms with Gasteiger partial charge in [0.25, 0.3) is 0 Å². The van der Waals surface area contributed by atoms with Crippen LogP contribution in [-0.2, 0) is 18.4 Å². The summed E-state index contributed by atoms with van der Waals surface area (Å²) in [6, 6.07) is 9.88. The van der Waals surface area contributed by atoms with Gasteiger partial charge in [-0.05, 0) is 0 Å². The first-order valence-corrected chi connectivity index (χ1v) is 9.03. The summed E-state index contributed by atoms with van der Waals surface area (Å²) in [5.41, 5.74) is 2.13. The van der Waals surface area contributed by atoms with E-state index in [1.54, 1.807) is 11.6 Å². The predicted molar refractivity (Wildman–Crippen MR) is 101 cm³/mol. The highest BCUT2D eigenvalue weighted by atomic mass is 16.1. The molecule has 27 heavy (non-hydrogen) atoms. The minimum absolute atomic E-state index is 0.00394. The number of nitrogens with one attached hydrogen (secondary N) is 2. The molecule has 1 aliphatic rings. The van der Waals surface area contributed by atoms with E-state index in [1.807, 2.05) is 49.8 Å². The second-order valence-electron chi connectivity index (χ2n) is 7.04. The molecule has 1 saturated heterocycles. The molecule has 0 spiro atoms. The van der Waals surface area contributed by atoms with Gasteiger partial charge in [-0.15, -0.1) is 0 Å². The van der Waals surface area contributed by atoms with Gasteiger partial charge in [-0.3, -0.25) is 19.5 Å². The Bertz CT molecular complexity index is 917. The lowest BCUT2D eigenvalue weighted by Crippen LogP contribution is -2.38. The van der Waals surface area contributed by atoms with Gasteiger partial charge >= 0.3 is 0 Å². The van der Waals surface area contributed by atoms with Crippen molar-refractivity contribution in [1.29, 1.82) is 0 Å². The number of benzene rings is 1. The lowest BCUT2D eigenvalue weighted by molar-refractivity contribution is -0.119. The second-order valence-corrected chi connectivity index (χ2v) is 7.04. The predicted octanol–water partition coefficient (Wildman–Crippen LogP) is 1.31. The third kappa shape index (κ3) is 3.90. The Morgan fingerprint density at radius 2 is 2.11 bits per heavy atom. The highest BCUT2D eigenvalue weighted by Crippen LogP contribution is 2.28. The summed E-state index contributed by atoms with van der Waals surface area (Å²) in [6.07, 6.45) is 3.89. The lowest BCUT2D eigenvalue weighted by atomic mass is 10.0. The Morgan fingerprint density at radius 1 is 1.30 bits per heavy atom. The molecule has 0 aliphatic carbocycles. The van der Waals surface area contributed by atoms with Gasteiger partial charge in [-0.25, -0.2) is 4.98 Å². The van der Waals surface area contributed by atoms with E-state index >= 15 is 0 Å². The molecule has 8 nitrogen and oxygen atoms in total. The number of H-pyrrole nitrogens is 1. The molecule has 0 radical (unpaired) electrons. The van der Waals surface area contributed by atoms with Crippen molar-refractivity contribution in [2.24, 2.45) is 7.05 Å². The van der Waals surface area contributed by atoms with Crippen LogP contribution < -0.4 is 5.32 Å². The van der Waals surface area contributed by atoms with Crippen LogP contribution >= 0.6 is 0 Å². The molecule has 140 valence electrons. The number of aromatic nitrogens is 5. The van der Waals surface area contributed by atoms with Crippen LogP contribution in [0.5, 0.6) is 0 Å². The van der Waals surface area contributed by atoms with Crippen LogP contribution in [0.1, 0.15) is 24.2 Å². The largest absolute Gasteiger partial charge is 0.352 e. The second kappa shape index (κ2) is 7.32. The van der Waals surface area contributed by atoms with Gasteiger partial charge < -0.3 is 5.32 Å². The Kier molecular flexibility index (Phi) is 4.72. The zero-order chi connectivity index (χ0) is 18.8. The van der Waals surface area contributed by atoms with Crippen LogP contribution in [0.25, 0.3) is 11.4 Å². The molecule has 0 bridgehead atoms. The molecule has 3 aromatic rings. The Labute approximate surface area is 157 Å². The number of carbonyl (C=O) groups is 1. The quantitative estimate of drug-likeness (QED) is 0.711. The maximum absolute atomic E-state index is 11.7. The lowest BCUT2D eigenvalue weighted by Gasteiger charge is -2.16. The van der Waals surface area contributed by atoms with Gasteiger partial charge in [0.05, 0.1) is 18.2 Å². The molecule has 2 N–H and O–H groups in total. The number of likely N-dealkylation sites (tertiary alicyclic amines) is 1. The SMILES string of the molecule is CC(=O)N[C@@H]1CN(Cc2cnn(C)c2)C[C@H]1c1nc(-c2ccccc2)n[nH]1. The average molecular weight is 365 g/mol. The Hall–Kier alpha value is -3.00. The molecule has 4 rings (SSSR count). The third-order valence-corrected chi connectivity index (χ3v) is 4.83. The van der Waals surface area contributed by atoms with Crippen molar-refractivity contribution in [2.75, 3.05) is 13.1 Å². The first kappa shape index (κ1) is 17.4. The normalized spacial score (nSPS) is 20.1. The summed E-state index contributed by atoms with van der Waals surface area (Å²) in [4.78, 5) is 18.7. The van der Waals surface area contributed by atoms with E-state index < -0.39 is 0 Å². The molecule has 2 atom stereocenters. The maximum Gasteiger partial charge on any atom is 0.217 e. The zero-order valence-corrected chi connectivity index (χ0v) is 15.5. The minimum Gasteiger partial charge on any atom is -0.352 e. The number of nitrogens with zero attached hydrogens (tertiary/aromatic N) is 5. The highest BCUT2D eigenvalue weighted by Gasteiger charge is 2.36. The monoisotopic (exact) mass is 365 g/mol. The van der Waals surface area contributed by atoms with Crippen molar-refractivity contribution in [3.05, 3.63) is 54.1 Å². The van der Waals surface area contributed by atoms with E-state index in [0.29, 0.717) is 5.82 Å². The summed E-state index contributed by atoms with van der Waals surface area (Å²) >= 11 is 0. The molecule has 1 fully saturated rings. The molecule has 2 aromatic heterocycles. The van der Waals surface area contributed by atoms with Gasteiger partial charge in [-0.1, -0.05) is 30.3 Å². The van der Waals surface area contributed by atoms with Crippen LogP contribution in [0.15, 0.2) is 42.7 Å². The van der Waals surface area contributed by atoms with Gasteiger partial charge in [0, 0.05) is 50.9 Å². The minimum atomic E-state index is -0.0315. The van der Waals surface area contributed by atoms with Gasteiger partial charge in [-0.2, -0.15) is 10.2 Å². The third-order valence-electron chi connectivity index (χ3n) is 4.83. The summed E-state index contributed by atoms with van der Waals surface area (Å²) in [7, 11) is 1.91. The molecule has 1 amide bonds. The maximum atomic E-state index is 11.7. The molecule has 0 saturated carbocycles. The number of amides is 1. The summed E-state index contributed by atoms with van der Waals surface area (Å²) in [6.45, 7) is 3.90. The van der Waals surface area contributed by atoms with Crippen LogP contribution in [-0.4, -0.2) is 54.9 Å². The fourth-order valence-corrected chi connectivity index (χ4v) is 3.67. The summed E-state index contributed by atoms with van der Waals surface area (Å²) < 4.78 is 1.80. The topological polar surface area (TPSA) is 91.7 Å². The molecule has 3 heterocycles. The fraction of sp³-hybridized carbons (Fsp3) is 0.368. The van der Waals surface area contributed by atoms with Crippen LogP contribution in [0.2, 0.25) is 0 Å². The Balaban J connectivity index is 1.54.